The fourth-order valence-electron chi connectivity index (χ4n) is 2.73. The lowest BCUT2D eigenvalue weighted by Crippen LogP contribution is -2.04. The molecule has 0 aromatic heterocycles. The Kier molecular flexibility index (Phi) is 4.09. The number of hydrogen-bond donors (Lipinski definition) is 0. The van der Waals surface area contributed by atoms with Crippen molar-refractivity contribution in [1.82, 2.24) is 0 Å². The number of hydrogen-bond acceptors (Lipinski definition) is 2. The molecule has 0 saturated heterocycles. The molecule has 0 spiro atoms. The van der Waals surface area contributed by atoms with Gasteiger partial charge in [0.2, 0.25) is 0 Å². The van der Waals surface area contributed by atoms with Crippen molar-refractivity contribution in [3.05, 3.63) is 77.1 Å². The molecule has 0 aliphatic heterocycles. The zero-order valence-electron chi connectivity index (χ0n) is 12.7. The van der Waals surface area contributed by atoms with Crippen molar-refractivity contribution in [2.45, 2.75) is 11.3 Å². The molecule has 0 N–H and O–H groups in total. The minimum Gasteiger partial charge on any atom is -0.224 e. The van der Waals surface area contributed by atoms with Crippen molar-refractivity contribution in [2.24, 2.45) is 0 Å². The topological polar surface area (TPSA) is 34.1 Å². The second-order valence-electron chi connectivity index (χ2n) is 5.54. The summed E-state index contributed by atoms with van der Waals surface area (Å²) in [6.07, 6.45) is 4.64. The van der Waals surface area contributed by atoms with Crippen LogP contribution in [0.15, 0.2) is 53.4 Å². The first-order valence-corrected chi connectivity index (χ1v) is 9.01. The van der Waals surface area contributed by atoms with E-state index < -0.39 is 32.2 Å². The Morgan fingerprint density at radius 1 is 1.00 bits per heavy atom. The fourth-order valence-corrected chi connectivity index (χ4v) is 3.46. The highest BCUT2D eigenvalue weighted by atomic mass is 32.2. The lowest BCUT2D eigenvalue weighted by atomic mass is 9.96. The van der Waals surface area contributed by atoms with Crippen LogP contribution in [0.5, 0.6) is 0 Å². The molecule has 1 aliphatic carbocycles. The van der Waals surface area contributed by atoms with E-state index in [1.54, 1.807) is 18.2 Å². The normalized spacial score (nSPS) is 14.5. The summed E-state index contributed by atoms with van der Waals surface area (Å²) in [7, 11) is -3.86. The molecule has 2 nitrogen and oxygen atoms in total. The molecule has 124 valence electrons. The molecule has 0 unspecified atom stereocenters. The van der Waals surface area contributed by atoms with Crippen molar-refractivity contribution in [3.63, 3.8) is 0 Å². The molecule has 0 atom stereocenters. The van der Waals surface area contributed by atoms with Gasteiger partial charge in [0.05, 0.1) is 0 Å². The van der Waals surface area contributed by atoms with E-state index in [4.69, 9.17) is 0 Å². The molecular weight excluding hydrogens is 337 g/mol. The summed E-state index contributed by atoms with van der Waals surface area (Å²) < 4.78 is 64.9. The molecular formula is C18H13F3O2S. The number of halogens is 3. The van der Waals surface area contributed by atoms with Gasteiger partial charge in [-0.3, -0.25) is 0 Å². The van der Waals surface area contributed by atoms with Crippen molar-refractivity contribution >= 4 is 21.0 Å². The Bertz CT molecular complexity index is 989. The number of sulfone groups is 1. The summed E-state index contributed by atoms with van der Waals surface area (Å²) in [5.41, 5.74) is 1.59. The van der Waals surface area contributed by atoms with Gasteiger partial charge in [-0.1, -0.05) is 24.3 Å². The van der Waals surface area contributed by atoms with Gasteiger partial charge in [0.25, 0.3) is 0 Å². The summed E-state index contributed by atoms with van der Waals surface area (Å²) in [4.78, 5) is -0.678. The average molecular weight is 350 g/mol. The number of rotatable bonds is 3. The Hall–Kier alpha value is -2.34. The summed E-state index contributed by atoms with van der Waals surface area (Å²) in [5.74, 6) is -2.27. The maximum absolute atomic E-state index is 14.4. The predicted octanol–water partition coefficient (Wildman–Crippen LogP) is 4.38. The van der Waals surface area contributed by atoms with Gasteiger partial charge in [-0.05, 0) is 47.4 Å². The molecule has 24 heavy (non-hydrogen) atoms. The van der Waals surface area contributed by atoms with Crippen molar-refractivity contribution < 1.29 is 21.6 Å². The lowest BCUT2D eigenvalue weighted by molar-refractivity contribution is 0.554. The highest BCUT2D eigenvalue weighted by Crippen LogP contribution is 2.37. The summed E-state index contributed by atoms with van der Waals surface area (Å²) in [6, 6.07) is 7.38. The highest BCUT2D eigenvalue weighted by molar-refractivity contribution is 7.90. The van der Waals surface area contributed by atoms with E-state index in [0.717, 1.165) is 12.3 Å². The first kappa shape index (κ1) is 16.5. The van der Waals surface area contributed by atoms with Gasteiger partial charge in [-0.15, -0.1) is 0 Å². The molecule has 6 heteroatoms. The molecule has 0 radical (unpaired) electrons. The Morgan fingerprint density at radius 2 is 1.75 bits per heavy atom. The molecule has 3 rings (SSSR count). The fraction of sp³-hybridized carbons (Fsp3) is 0.111. The molecule has 0 amide bonds. The van der Waals surface area contributed by atoms with Gasteiger partial charge in [0, 0.05) is 11.8 Å². The highest BCUT2D eigenvalue weighted by Gasteiger charge is 2.22. The summed E-state index contributed by atoms with van der Waals surface area (Å²) in [6.45, 7) is 0. The minimum atomic E-state index is -3.86. The van der Waals surface area contributed by atoms with Crippen LogP contribution in [0.3, 0.4) is 0 Å². The van der Waals surface area contributed by atoms with E-state index in [0.29, 0.717) is 29.2 Å². The molecule has 0 saturated carbocycles. The van der Waals surface area contributed by atoms with E-state index >= 15 is 0 Å². The molecule has 1 aliphatic rings. The first-order chi connectivity index (χ1) is 11.3. The van der Waals surface area contributed by atoms with Crippen LogP contribution in [-0.4, -0.2) is 14.7 Å². The predicted molar refractivity (Wildman–Crippen MR) is 86.4 cm³/mol. The average Bonchev–Trinajstić information content (AvgIpc) is 2.97. The van der Waals surface area contributed by atoms with Gasteiger partial charge in [0.1, 0.15) is 22.3 Å². The zero-order valence-corrected chi connectivity index (χ0v) is 13.5. The number of allylic oxidation sites excluding steroid dienone is 4. The maximum atomic E-state index is 14.4. The first-order valence-electron chi connectivity index (χ1n) is 7.12. The van der Waals surface area contributed by atoms with Crippen molar-refractivity contribution in [2.75, 3.05) is 6.26 Å². The Balaban J connectivity index is 2.18. The van der Waals surface area contributed by atoms with Crippen LogP contribution in [-0.2, 0) is 9.84 Å². The van der Waals surface area contributed by atoms with Crippen LogP contribution in [0, 0.1) is 17.5 Å². The van der Waals surface area contributed by atoms with Crippen molar-refractivity contribution in [3.8, 4) is 0 Å². The third-order valence-corrected chi connectivity index (χ3v) is 4.93. The smallest absolute Gasteiger partial charge is 0.178 e. The molecule has 0 bridgehead atoms. The van der Waals surface area contributed by atoms with Gasteiger partial charge in [-0.25, -0.2) is 21.6 Å². The summed E-state index contributed by atoms with van der Waals surface area (Å²) in [5, 5.41) is 0. The van der Waals surface area contributed by atoms with Crippen molar-refractivity contribution in [1.29, 1.82) is 0 Å². The van der Waals surface area contributed by atoms with E-state index in [9.17, 15) is 21.6 Å². The Morgan fingerprint density at radius 3 is 2.42 bits per heavy atom. The largest absolute Gasteiger partial charge is 0.224 e. The van der Waals surface area contributed by atoms with Gasteiger partial charge in [0.15, 0.2) is 9.84 Å². The monoisotopic (exact) mass is 350 g/mol. The molecule has 2 aromatic carbocycles. The third kappa shape index (κ3) is 3.01. The van der Waals surface area contributed by atoms with Crippen LogP contribution in [0.2, 0.25) is 0 Å². The second-order valence-corrected chi connectivity index (χ2v) is 7.53. The number of benzene rings is 2. The standard InChI is InChI=1S/C18H13F3O2S/c1-24(22,23)18-10-16(20)15(9-17(18)21)14-7-3-6-13(14)11-4-2-5-12(19)8-11/h2-6,8-10H,7H2,1H3. The molecule has 0 fully saturated rings. The van der Waals surface area contributed by atoms with E-state index in [2.05, 4.69) is 0 Å². The minimum absolute atomic E-state index is 0.0239. The molecule has 2 aromatic rings. The molecule has 0 heterocycles. The van der Waals surface area contributed by atoms with Crippen LogP contribution in [0.25, 0.3) is 11.1 Å². The SMILES string of the molecule is CS(=O)(=O)c1cc(F)c(C2=C(c3cccc(F)c3)C=CC2)cc1F. The third-order valence-electron chi connectivity index (χ3n) is 3.81. The van der Waals surface area contributed by atoms with Crippen LogP contribution >= 0.6 is 0 Å². The van der Waals surface area contributed by atoms with Crippen LogP contribution in [0.4, 0.5) is 13.2 Å². The van der Waals surface area contributed by atoms with E-state index in [1.807, 2.05) is 0 Å². The summed E-state index contributed by atoms with van der Waals surface area (Å²) >= 11 is 0. The van der Waals surface area contributed by atoms with Gasteiger partial charge >= 0.3 is 0 Å². The van der Waals surface area contributed by atoms with Crippen LogP contribution in [0.1, 0.15) is 17.5 Å². The van der Waals surface area contributed by atoms with E-state index in [-0.39, 0.29) is 5.56 Å². The Labute approximate surface area is 137 Å². The van der Waals surface area contributed by atoms with Gasteiger partial charge in [-0.2, -0.15) is 0 Å². The second kappa shape index (κ2) is 5.94. The maximum Gasteiger partial charge on any atom is 0.178 e. The van der Waals surface area contributed by atoms with E-state index in [1.165, 1.54) is 18.2 Å². The lowest BCUT2D eigenvalue weighted by Gasteiger charge is -2.11. The zero-order chi connectivity index (χ0) is 17.5. The van der Waals surface area contributed by atoms with Gasteiger partial charge < -0.3 is 0 Å². The van der Waals surface area contributed by atoms with Crippen LogP contribution < -0.4 is 0 Å². The quantitative estimate of drug-likeness (QED) is 0.823.